The lowest BCUT2D eigenvalue weighted by atomic mass is 9.97. The van der Waals surface area contributed by atoms with Crippen molar-refractivity contribution in [2.45, 2.75) is 18.9 Å². The van der Waals surface area contributed by atoms with Crippen molar-refractivity contribution in [3.8, 4) is 0 Å². The number of rotatable bonds is 4. The van der Waals surface area contributed by atoms with Crippen molar-refractivity contribution in [3.63, 3.8) is 0 Å². The quantitative estimate of drug-likeness (QED) is 0.865. The van der Waals surface area contributed by atoms with Gasteiger partial charge >= 0.3 is 0 Å². The van der Waals surface area contributed by atoms with Gasteiger partial charge < -0.3 is 10.4 Å². The van der Waals surface area contributed by atoms with Crippen LogP contribution in [0.3, 0.4) is 0 Å². The molecule has 0 saturated heterocycles. The molecule has 1 rings (SSSR count). The summed E-state index contributed by atoms with van der Waals surface area (Å²) >= 11 is 3.38. The molecule has 2 nitrogen and oxygen atoms in total. The largest absolute Gasteiger partial charge is 0.389 e. The van der Waals surface area contributed by atoms with Gasteiger partial charge in [-0.2, -0.15) is 0 Å². The summed E-state index contributed by atoms with van der Waals surface area (Å²) < 4.78 is 1.06. The third-order valence-corrected chi connectivity index (χ3v) is 2.58. The molecule has 1 aromatic rings. The molecule has 1 atom stereocenters. The standard InChI is InChI=1S/C11H16BrNO/c1-11(14,8-13-2)7-9-3-5-10(12)6-4-9/h3-6,13-14H,7-8H2,1-2H3. The van der Waals surface area contributed by atoms with E-state index in [4.69, 9.17) is 0 Å². The summed E-state index contributed by atoms with van der Waals surface area (Å²) in [6.45, 7) is 2.44. The molecule has 0 saturated carbocycles. The Morgan fingerprint density at radius 2 is 1.93 bits per heavy atom. The van der Waals surface area contributed by atoms with E-state index in [0.29, 0.717) is 13.0 Å². The Hall–Kier alpha value is -0.380. The third-order valence-electron chi connectivity index (χ3n) is 2.06. The molecule has 78 valence electrons. The van der Waals surface area contributed by atoms with Crippen molar-refractivity contribution >= 4 is 15.9 Å². The van der Waals surface area contributed by atoms with Crippen LogP contribution < -0.4 is 5.32 Å². The topological polar surface area (TPSA) is 32.3 Å². The highest BCUT2D eigenvalue weighted by atomic mass is 79.9. The molecule has 0 bridgehead atoms. The van der Waals surface area contributed by atoms with E-state index in [1.165, 1.54) is 0 Å². The molecule has 0 aliphatic heterocycles. The molecule has 0 amide bonds. The molecule has 0 fully saturated rings. The van der Waals surface area contributed by atoms with Crippen molar-refractivity contribution in [2.75, 3.05) is 13.6 Å². The first-order valence-corrected chi connectivity index (χ1v) is 5.44. The predicted octanol–water partition coefficient (Wildman–Crippen LogP) is 1.96. The lowest BCUT2D eigenvalue weighted by molar-refractivity contribution is 0.0622. The maximum Gasteiger partial charge on any atom is 0.0783 e. The van der Waals surface area contributed by atoms with Crippen LogP contribution in [0.5, 0.6) is 0 Å². The van der Waals surface area contributed by atoms with Gasteiger partial charge in [0.2, 0.25) is 0 Å². The highest BCUT2D eigenvalue weighted by Crippen LogP contribution is 2.15. The Morgan fingerprint density at radius 1 is 1.36 bits per heavy atom. The van der Waals surface area contributed by atoms with Gasteiger partial charge in [-0.05, 0) is 31.7 Å². The van der Waals surface area contributed by atoms with E-state index < -0.39 is 5.60 Å². The van der Waals surface area contributed by atoms with Crippen LogP contribution in [0, 0.1) is 0 Å². The van der Waals surface area contributed by atoms with Crippen molar-refractivity contribution in [1.82, 2.24) is 5.32 Å². The molecule has 14 heavy (non-hydrogen) atoms. The van der Waals surface area contributed by atoms with Crippen molar-refractivity contribution in [1.29, 1.82) is 0 Å². The van der Waals surface area contributed by atoms with Crippen LogP contribution in [-0.4, -0.2) is 24.3 Å². The fourth-order valence-electron chi connectivity index (χ4n) is 1.49. The first-order valence-electron chi connectivity index (χ1n) is 4.65. The Kier molecular flexibility index (Phi) is 4.11. The molecule has 0 aromatic heterocycles. The maximum absolute atomic E-state index is 9.96. The fraction of sp³-hybridized carbons (Fsp3) is 0.455. The number of hydrogen-bond acceptors (Lipinski definition) is 2. The highest BCUT2D eigenvalue weighted by molar-refractivity contribution is 9.10. The minimum Gasteiger partial charge on any atom is -0.389 e. The Bertz CT molecular complexity index is 282. The van der Waals surface area contributed by atoms with Crippen LogP contribution in [0.2, 0.25) is 0 Å². The van der Waals surface area contributed by atoms with Gasteiger partial charge in [-0.25, -0.2) is 0 Å². The Balaban J connectivity index is 2.64. The minimum absolute atomic E-state index is 0.600. The summed E-state index contributed by atoms with van der Waals surface area (Å²) in [5.74, 6) is 0. The van der Waals surface area contributed by atoms with Crippen LogP contribution >= 0.6 is 15.9 Å². The number of hydrogen-bond donors (Lipinski definition) is 2. The molecule has 2 N–H and O–H groups in total. The summed E-state index contributed by atoms with van der Waals surface area (Å²) in [5.41, 5.74) is 0.469. The van der Waals surface area contributed by atoms with Gasteiger partial charge in [-0.3, -0.25) is 0 Å². The van der Waals surface area contributed by atoms with Gasteiger partial charge in [0.05, 0.1) is 5.60 Å². The number of likely N-dealkylation sites (N-methyl/N-ethyl adjacent to an activating group) is 1. The average molecular weight is 258 g/mol. The second kappa shape index (κ2) is 4.91. The highest BCUT2D eigenvalue weighted by Gasteiger charge is 2.19. The van der Waals surface area contributed by atoms with E-state index >= 15 is 0 Å². The van der Waals surface area contributed by atoms with Gasteiger partial charge in [0.25, 0.3) is 0 Å². The second-order valence-electron chi connectivity index (χ2n) is 3.83. The summed E-state index contributed by atoms with van der Waals surface area (Å²) in [7, 11) is 1.84. The zero-order valence-corrected chi connectivity index (χ0v) is 10.1. The molecule has 0 radical (unpaired) electrons. The summed E-state index contributed by atoms with van der Waals surface area (Å²) in [5, 5.41) is 12.9. The minimum atomic E-state index is -0.678. The molecule has 0 aliphatic carbocycles. The molecular formula is C11H16BrNO. The first-order chi connectivity index (χ1) is 6.53. The zero-order chi connectivity index (χ0) is 10.6. The molecule has 0 heterocycles. The molecular weight excluding hydrogens is 242 g/mol. The summed E-state index contributed by atoms with van der Waals surface area (Å²) in [6.07, 6.45) is 0.668. The lowest BCUT2D eigenvalue weighted by Crippen LogP contribution is -2.38. The van der Waals surface area contributed by atoms with Gasteiger partial charge in [0, 0.05) is 17.4 Å². The number of nitrogens with one attached hydrogen (secondary N) is 1. The van der Waals surface area contributed by atoms with Crippen LogP contribution in [-0.2, 0) is 6.42 Å². The van der Waals surface area contributed by atoms with Crippen LogP contribution in [0.25, 0.3) is 0 Å². The van der Waals surface area contributed by atoms with Crippen molar-refractivity contribution in [2.24, 2.45) is 0 Å². The Labute approximate surface area is 93.5 Å². The van der Waals surface area contributed by atoms with Crippen LogP contribution in [0.4, 0.5) is 0 Å². The third kappa shape index (κ3) is 3.78. The van der Waals surface area contributed by atoms with E-state index in [1.807, 2.05) is 38.2 Å². The first kappa shape index (κ1) is 11.7. The predicted molar refractivity (Wildman–Crippen MR) is 62.4 cm³/mol. The van der Waals surface area contributed by atoms with E-state index in [1.54, 1.807) is 0 Å². The Morgan fingerprint density at radius 3 is 2.43 bits per heavy atom. The molecule has 3 heteroatoms. The van der Waals surface area contributed by atoms with Crippen LogP contribution in [0.1, 0.15) is 12.5 Å². The second-order valence-corrected chi connectivity index (χ2v) is 4.75. The molecule has 1 aromatic carbocycles. The van der Waals surface area contributed by atoms with E-state index in [-0.39, 0.29) is 0 Å². The van der Waals surface area contributed by atoms with Gasteiger partial charge in [-0.1, -0.05) is 28.1 Å². The van der Waals surface area contributed by atoms with Crippen LogP contribution in [0.15, 0.2) is 28.7 Å². The normalized spacial score (nSPS) is 15.1. The van der Waals surface area contributed by atoms with E-state index in [2.05, 4.69) is 21.2 Å². The number of benzene rings is 1. The maximum atomic E-state index is 9.96. The summed E-state index contributed by atoms with van der Waals surface area (Å²) in [6, 6.07) is 8.03. The van der Waals surface area contributed by atoms with E-state index in [0.717, 1.165) is 10.0 Å². The van der Waals surface area contributed by atoms with Gasteiger partial charge in [0.15, 0.2) is 0 Å². The van der Waals surface area contributed by atoms with Gasteiger partial charge in [-0.15, -0.1) is 0 Å². The average Bonchev–Trinajstić information content (AvgIpc) is 2.08. The fourth-order valence-corrected chi connectivity index (χ4v) is 1.75. The van der Waals surface area contributed by atoms with Crippen molar-refractivity contribution in [3.05, 3.63) is 34.3 Å². The SMILES string of the molecule is CNCC(C)(O)Cc1ccc(Br)cc1. The lowest BCUT2D eigenvalue weighted by Gasteiger charge is -2.22. The smallest absolute Gasteiger partial charge is 0.0783 e. The van der Waals surface area contributed by atoms with Crippen molar-refractivity contribution < 1.29 is 5.11 Å². The molecule has 0 aliphatic rings. The molecule has 1 unspecified atom stereocenters. The zero-order valence-electron chi connectivity index (χ0n) is 8.55. The molecule has 0 spiro atoms. The van der Waals surface area contributed by atoms with E-state index in [9.17, 15) is 5.11 Å². The summed E-state index contributed by atoms with van der Waals surface area (Å²) in [4.78, 5) is 0. The van der Waals surface area contributed by atoms with Gasteiger partial charge in [0.1, 0.15) is 0 Å². The monoisotopic (exact) mass is 257 g/mol. The number of aliphatic hydroxyl groups is 1. The number of halogens is 1.